The van der Waals surface area contributed by atoms with Crippen LogP contribution < -0.4 is 5.56 Å². The van der Waals surface area contributed by atoms with Crippen LogP contribution in [0.1, 0.15) is 31.0 Å². The van der Waals surface area contributed by atoms with E-state index < -0.39 is 0 Å². The molecular formula is C15H16N4O. The van der Waals surface area contributed by atoms with Crippen molar-refractivity contribution >= 4 is 10.9 Å². The summed E-state index contributed by atoms with van der Waals surface area (Å²) in [5, 5.41) is 11.9. The summed E-state index contributed by atoms with van der Waals surface area (Å²) in [6.07, 6.45) is 1.72. The molecule has 3 rings (SSSR count). The average Bonchev–Trinajstić information content (AvgIpc) is 2.84. The smallest absolute Gasteiger partial charge is 0.266 e. The molecule has 0 atom stereocenters. The Morgan fingerprint density at radius 2 is 2.00 bits per heavy atom. The quantitative estimate of drug-likeness (QED) is 0.776. The van der Waals surface area contributed by atoms with Gasteiger partial charge in [-0.1, -0.05) is 32.0 Å². The number of hydrogen-bond donors (Lipinski definition) is 1. The summed E-state index contributed by atoms with van der Waals surface area (Å²) >= 11 is 0. The van der Waals surface area contributed by atoms with E-state index in [0.717, 1.165) is 22.3 Å². The Morgan fingerprint density at radius 1 is 1.25 bits per heavy atom. The molecule has 3 aromatic rings. The summed E-state index contributed by atoms with van der Waals surface area (Å²) in [5.41, 5.74) is 3.18. The molecule has 1 N–H and O–H groups in total. The van der Waals surface area contributed by atoms with Gasteiger partial charge in [0.1, 0.15) is 5.52 Å². The van der Waals surface area contributed by atoms with Crippen molar-refractivity contribution in [2.24, 2.45) is 0 Å². The van der Waals surface area contributed by atoms with Gasteiger partial charge < -0.3 is 0 Å². The number of H-pyrrole nitrogens is 1. The number of aromatic nitrogens is 4. The predicted molar refractivity (Wildman–Crippen MR) is 78.3 cm³/mol. The summed E-state index contributed by atoms with van der Waals surface area (Å²) in [6, 6.07) is 7.86. The van der Waals surface area contributed by atoms with Crippen LogP contribution in [-0.4, -0.2) is 20.0 Å². The van der Waals surface area contributed by atoms with Crippen LogP contribution in [0.15, 0.2) is 35.3 Å². The minimum Gasteiger partial charge on any atom is -0.266 e. The van der Waals surface area contributed by atoms with E-state index in [1.54, 1.807) is 10.9 Å². The molecule has 0 radical (unpaired) electrons. The second kappa shape index (κ2) is 4.59. The van der Waals surface area contributed by atoms with Crippen LogP contribution in [0.25, 0.3) is 16.6 Å². The Labute approximate surface area is 116 Å². The number of aryl methyl sites for hydroxylation is 1. The lowest BCUT2D eigenvalue weighted by atomic mass is 10.1. The molecule has 20 heavy (non-hydrogen) atoms. The summed E-state index contributed by atoms with van der Waals surface area (Å²) in [5.74, 6) is 0.226. The molecule has 0 aliphatic heterocycles. The Bertz CT molecular complexity index is 829. The van der Waals surface area contributed by atoms with E-state index in [-0.39, 0.29) is 11.5 Å². The summed E-state index contributed by atoms with van der Waals surface area (Å²) < 4.78 is 1.69. The third-order valence-corrected chi connectivity index (χ3v) is 3.43. The molecule has 5 nitrogen and oxygen atoms in total. The van der Waals surface area contributed by atoms with Gasteiger partial charge >= 0.3 is 0 Å². The summed E-state index contributed by atoms with van der Waals surface area (Å²) in [6.45, 7) is 6.10. The van der Waals surface area contributed by atoms with E-state index >= 15 is 0 Å². The maximum atomic E-state index is 12.1. The predicted octanol–water partition coefficient (Wildman–Crippen LogP) is 2.54. The van der Waals surface area contributed by atoms with Gasteiger partial charge in [-0.2, -0.15) is 10.2 Å². The van der Waals surface area contributed by atoms with Gasteiger partial charge in [0.2, 0.25) is 0 Å². The van der Waals surface area contributed by atoms with Crippen molar-refractivity contribution in [2.75, 3.05) is 0 Å². The summed E-state index contributed by atoms with van der Waals surface area (Å²) in [4.78, 5) is 12.1. The Balaban J connectivity index is 2.37. The number of para-hydroxylation sites is 1. The van der Waals surface area contributed by atoms with Gasteiger partial charge in [-0.15, -0.1) is 0 Å². The number of nitrogens with zero attached hydrogens (tertiary/aromatic N) is 3. The highest BCUT2D eigenvalue weighted by Crippen LogP contribution is 2.23. The molecular weight excluding hydrogens is 252 g/mol. The zero-order chi connectivity index (χ0) is 14.3. The first-order valence-corrected chi connectivity index (χ1v) is 6.62. The van der Waals surface area contributed by atoms with Gasteiger partial charge in [-0.25, -0.2) is 9.78 Å². The van der Waals surface area contributed by atoms with Crippen LogP contribution in [0.3, 0.4) is 0 Å². The van der Waals surface area contributed by atoms with Crippen molar-refractivity contribution in [2.45, 2.75) is 26.7 Å². The van der Waals surface area contributed by atoms with Crippen molar-refractivity contribution in [3.8, 4) is 5.69 Å². The minimum atomic E-state index is -0.217. The Hall–Kier alpha value is -2.43. The molecule has 0 aliphatic carbocycles. The number of nitrogens with one attached hydrogen (secondary N) is 1. The van der Waals surface area contributed by atoms with Crippen LogP contribution in [-0.2, 0) is 0 Å². The average molecular weight is 268 g/mol. The molecule has 0 bridgehead atoms. The van der Waals surface area contributed by atoms with Crippen LogP contribution in [0, 0.1) is 6.92 Å². The molecule has 0 unspecified atom stereocenters. The van der Waals surface area contributed by atoms with Gasteiger partial charge in [0.25, 0.3) is 5.56 Å². The van der Waals surface area contributed by atoms with E-state index in [1.165, 1.54) is 0 Å². The fraction of sp³-hybridized carbons (Fsp3) is 0.267. The van der Waals surface area contributed by atoms with E-state index in [2.05, 4.69) is 15.3 Å². The maximum Gasteiger partial charge on any atom is 0.290 e. The zero-order valence-electron chi connectivity index (χ0n) is 11.7. The van der Waals surface area contributed by atoms with Gasteiger partial charge in [0, 0.05) is 5.39 Å². The van der Waals surface area contributed by atoms with Crippen molar-refractivity contribution in [3.63, 3.8) is 0 Å². The van der Waals surface area contributed by atoms with Crippen LogP contribution in [0.4, 0.5) is 0 Å². The van der Waals surface area contributed by atoms with Gasteiger partial charge in [0.15, 0.2) is 0 Å². The second-order valence-corrected chi connectivity index (χ2v) is 5.20. The fourth-order valence-corrected chi connectivity index (χ4v) is 2.40. The second-order valence-electron chi connectivity index (χ2n) is 5.20. The molecule has 5 heteroatoms. The molecule has 0 saturated heterocycles. The lowest BCUT2D eigenvalue weighted by molar-refractivity contribution is 0.790. The molecule has 102 valence electrons. The van der Waals surface area contributed by atoms with E-state index in [1.807, 2.05) is 45.0 Å². The molecule has 2 aromatic heterocycles. The molecule has 1 aromatic carbocycles. The van der Waals surface area contributed by atoms with E-state index in [9.17, 15) is 4.79 Å². The first kappa shape index (κ1) is 12.6. The molecule has 0 spiro atoms. The highest BCUT2D eigenvalue weighted by Gasteiger charge is 2.16. The standard InChI is InChI=1S/C15H16N4O/c1-9(2)13-11-8-16-19(14(11)15(20)18-17-13)12-7-5-4-6-10(12)3/h4-9H,1-3H3,(H,18,20). The lowest BCUT2D eigenvalue weighted by Crippen LogP contribution is -2.15. The monoisotopic (exact) mass is 268 g/mol. The van der Waals surface area contributed by atoms with Gasteiger partial charge in [-0.3, -0.25) is 4.79 Å². The normalized spacial score (nSPS) is 11.4. The van der Waals surface area contributed by atoms with Crippen LogP contribution in [0.2, 0.25) is 0 Å². The van der Waals surface area contributed by atoms with Crippen molar-refractivity contribution in [1.82, 2.24) is 20.0 Å². The van der Waals surface area contributed by atoms with E-state index in [0.29, 0.717) is 5.52 Å². The fourth-order valence-electron chi connectivity index (χ4n) is 2.40. The van der Waals surface area contributed by atoms with E-state index in [4.69, 9.17) is 0 Å². The Kier molecular flexibility index (Phi) is 2.89. The number of rotatable bonds is 2. The number of benzene rings is 1. The molecule has 0 saturated carbocycles. The minimum absolute atomic E-state index is 0.217. The van der Waals surface area contributed by atoms with Crippen molar-refractivity contribution in [3.05, 3.63) is 52.1 Å². The first-order valence-electron chi connectivity index (χ1n) is 6.62. The third-order valence-electron chi connectivity index (χ3n) is 3.43. The zero-order valence-corrected chi connectivity index (χ0v) is 11.7. The lowest BCUT2D eigenvalue weighted by Gasteiger charge is -2.08. The number of hydrogen-bond acceptors (Lipinski definition) is 3. The van der Waals surface area contributed by atoms with Crippen molar-refractivity contribution in [1.29, 1.82) is 0 Å². The highest BCUT2D eigenvalue weighted by molar-refractivity contribution is 5.82. The summed E-state index contributed by atoms with van der Waals surface area (Å²) in [7, 11) is 0. The van der Waals surface area contributed by atoms with Crippen LogP contribution in [0.5, 0.6) is 0 Å². The van der Waals surface area contributed by atoms with Gasteiger partial charge in [-0.05, 0) is 24.5 Å². The number of aromatic amines is 1. The molecule has 0 amide bonds. The molecule has 0 fully saturated rings. The maximum absolute atomic E-state index is 12.1. The Morgan fingerprint density at radius 3 is 2.70 bits per heavy atom. The largest absolute Gasteiger partial charge is 0.290 e. The third kappa shape index (κ3) is 1.82. The topological polar surface area (TPSA) is 63.6 Å². The molecule has 0 aliphatic rings. The highest BCUT2D eigenvalue weighted by atomic mass is 16.1. The SMILES string of the molecule is Cc1ccccc1-n1ncc2c(C(C)C)n[nH]c(=O)c21. The first-order chi connectivity index (χ1) is 9.59. The number of fused-ring (bicyclic) bond motifs is 1. The molecule has 2 heterocycles. The van der Waals surface area contributed by atoms with Gasteiger partial charge in [0.05, 0.1) is 17.6 Å². The van der Waals surface area contributed by atoms with Crippen molar-refractivity contribution < 1.29 is 0 Å². The van der Waals surface area contributed by atoms with Crippen LogP contribution >= 0.6 is 0 Å².